The van der Waals surface area contributed by atoms with Crippen LogP contribution >= 0.6 is 0 Å². The van der Waals surface area contributed by atoms with Gasteiger partial charge in [0.2, 0.25) is 0 Å². The van der Waals surface area contributed by atoms with Crippen molar-refractivity contribution in [2.75, 3.05) is 13.1 Å². The third-order valence-electron chi connectivity index (χ3n) is 2.38. The zero-order valence-electron chi connectivity index (χ0n) is 7.71. The van der Waals surface area contributed by atoms with Gasteiger partial charge in [-0.25, -0.2) is 8.42 Å². The summed E-state index contributed by atoms with van der Waals surface area (Å²) in [6.07, 6.45) is 0.991. The third-order valence-corrected chi connectivity index (χ3v) is 4.00. The van der Waals surface area contributed by atoms with Gasteiger partial charge in [0, 0.05) is 13.1 Å². The minimum Gasteiger partial charge on any atom is -0.203 e. The van der Waals surface area contributed by atoms with Gasteiger partial charge in [-0.2, -0.15) is 17.5 Å². The van der Waals surface area contributed by atoms with Gasteiger partial charge in [0.1, 0.15) is 0 Å². The molecule has 1 rings (SSSR count). The first-order valence-electron chi connectivity index (χ1n) is 4.31. The zero-order chi connectivity index (χ0) is 11.0. The Morgan fingerprint density at radius 1 is 1.21 bits per heavy atom. The minimum absolute atomic E-state index is 0.0248. The first-order valence-corrected chi connectivity index (χ1v) is 5.75. The molecule has 0 spiro atoms. The Balaban J connectivity index is 2.76. The van der Waals surface area contributed by atoms with Crippen LogP contribution in [-0.2, 0) is 10.0 Å². The van der Waals surface area contributed by atoms with Gasteiger partial charge >= 0.3 is 15.5 Å². The topological polar surface area (TPSA) is 37.4 Å². The molecule has 0 aromatic rings. The first-order chi connectivity index (χ1) is 6.25. The van der Waals surface area contributed by atoms with E-state index in [0.29, 0.717) is 23.1 Å². The molecule has 0 bridgehead atoms. The van der Waals surface area contributed by atoms with E-state index in [-0.39, 0.29) is 13.1 Å². The highest BCUT2D eigenvalue weighted by Gasteiger charge is 2.50. The second kappa shape index (κ2) is 3.69. The summed E-state index contributed by atoms with van der Waals surface area (Å²) in [5.41, 5.74) is -5.16. The number of alkyl halides is 3. The molecule has 3 nitrogen and oxygen atoms in total. The Bertz CT molecular complexity index is 291. The van der Waals surface area contributed by atoms with E-state index in [2.05, 4.69) is 0 Å². The molecule has 0 amide bonds. The van der Waals surface area contributed by atoms with Gasteiger partial charge in [0.15, 0.2) is 0 Å². The van der Waals surface area contributed by atoms with E-state index in [1.165, 1.54) is 0 Å². The van der Waals surface area contributed by atoms with Crippen LogP contribution in [-0.4, -0.2) is 31.3 Å². The van der Waals surface area contributed by atoms with Gasteiger partial charge in [-0.05, 0) is 18.8 Å². The Labute approximate surface area is 80.9 Å². The first kappa shape index (κ1) is 11.8. The second-order valence-corrected chi connectivity index (χ2v) is 5.46. The monoisotopic (exact) mass is 231 g/mol. The summed E-state index contributed by atoms with van der Waals surface area (Å²) < 4.78 is 58.6. The summed E-state index contributed by atoms with van der Waals surface area (Å²) in [5.74, 6) is 0.301. The fraction of sp³-hybridized carbons (Fsp3) is 1.00. The summed E-state index contributed by atoms with van der Waals surface area (Å²) in [5, 5.41) is 0. The average Bonchev–Trinajstić information content (AvgIpc) is 2.03. The number of piperidine rings is 1. The number of hydrogen-bond acceptors (Lipinski definition) is 2. The van der Waals surface area contributed by atoms with E-state index in [1.54, 1.807) is 0 Å². The normalized spacial score (nSPS) is 22.6. The van der Waals surface area contributed by atoms with E-state index in [9.17, 15) is 21.6 Å². The maximum atomic E-state index is 12.1. The van der Waals surface area contributed by atoms with Crippen LogP contribution in [0.25, 0.3) is 0 Å². The molecular formula is C7H12F3NO2S. The standard InChI is InChI=1S/C7H12F3NO2S/c1-6-2-4-11(5-3-6)14(12,13)7(8,9)10/h6H,2-5H2,1H3. The molecule has 0 aliphatic carbocycles. The van der Waals surface area contributed by atoms with Crippen molar-refractivity contribution in [3.63, 3.8) is 0 Å². The number of nitrogens with zero attached hydrogens (tertiary/aromatic N) is 1. The van der Waals surface area contributed by atoms with Crippen molar-refractivity contribution in [2.45, 2.75) is 25.3 Å². The maximum absolute atomic E-state index is 12.1. The number of sulfonamides is 1. The molecule has 1 fully saturated rings. The molecule has 1 saturated heterocycles. The van der Waals surface area contributed by atoms with Crippen molar-refractivity contribution < 1.29 is 21.6 Å². The van der Waals surface area contributed by atoms with Gasteiger partial charge in [-0.15, -0.1) is 0 Å². The van der Waals surface area contributed by atoms with Crippen molar-refractivity contribution in [1.82, 2.24) is 4.31 Å². The molecular weight excluding hydrogens is 219 g/mol. The highest BCUT2D eigenvalue weighted by molar-refractivity contribution is 7.90. The van der Waals surface area contributed by atoms with Gasteiger partial charge in [-0.1, -0.05) is 6.92 Å². The Hall–Kier alpha value is -0.300. The lowest BCUT2D eigenvalue weighted by Gasteiger charge is -2.29. The van der Waals surface area contributed by atoms with Gasteiger partial charge in [0.25, 0.3) is 0 Å². The van der Waals surface area contributed by atoms with E-state index < -0.39 is 15.5 Å². The zero-order valence-corrected chi connectivity index (χ0v) is 8.53. The van der Waals surface area contributed by atoms with Crippen molar-refractivity contribution in [2.24, 2.45) is 5.92 Å². The van der Waals surface area contributed by atoms with Crippen LogP contribution in [0.3, 0.4) is 0 Å². The van der Waals surface area contributed by atoms with Gasteiger partial charge in [-0.3, -0.25) is 0 Å². The minimum atomic E-state index is -5.16. The molecule has 0 aromatic carbocycles. The third kappa shape index (κ3) is 2.20. The Morgan fingerprint density at radius 2 is 1.64 bits per heavy atom. The van der Waals surface area contributed by atoms with Crippen LogP contribution < -0.4 is 0 Å². The SMILES string of the molecule is CC1CCN(S(=O)(=O)C(F)(F)F)CC1. The fourth-order valence-corrected chi connectivity index (χ4v) is 2.36. The van der Waals surface area contributed by atoms with Crippen LogP contribution in [0.4, 0.5) is 13.2 Å². The van der Waals surface area contributed by atoms with Crippen molar-refractivity contribution in [3.8, 4) is 0 Å². The van der Waals surface area contributed by atoms with E-state index in [4.69, 9.17) is 0 Å². The van der Waals surface area contributed by atoms with Crippen LogP contribution in [0.1, 0.15) is 19.8 Å². The van der Waals surface area contributed by atoms with Crippen molar-refractivity contribution in [1.29, 1.82) is 0 Å². The lowest BCUT2D eigenvalue weighted by molar-refractivity contribution is -0.0496. The second-order valence-electron chi connectivity index (χ2n) is 3.53. The van der Waals surface area contributed by atoms with Crippen molar-refractivity contribution >= 4 is 10.0 Å². The van der Waals surface area contributed by atoms with E-state index in [0.717, 1.165) is 0 Å². The molecule has 14 heavy (non-hydrogen) atoms. The molecule has 0 radical (unpaired) electrons. The van der Waals surface area contributed by atoms with Crippen LogP contribution in [0.15, 0.2) is 0 Å². The van der Waals surface area contributed by atoms with E-state index >= 15 is 0 Å². The number of rotatable bonds is 1. The predicted molar refractivity (Wildman–Crippen MR) is 44.9 cm³/mol. The molecule has 1 heterocycles. The lowest BCUT2D eigenvalue weighted by atomic mass is 10.0. The highest BCUT2D eigenvalue weighted by Crippen LogP contribution is 2.29. The fourth-order valence-electron chi connectivity index (χ4n) is 1.37. The molecule has 0 atom stereocenters. The van der Waals surface area contributed by atoms with Crippen LogP contribution in [0, 0.1) is 5.92 Å². The molecule has 0 aromatic heterocycles. The summed E-state index contributed by atoms with van der Waals surface area (Å²) in [4.78, 5) is 0. The van der Waals surface area contributed by atoms with Crippen LogP contribution in [0.5, 0.6) is 0 Å². The molecule has 0 N–H and O–H groups in total. The molecule has 1 aliphatic rings. The highest BCUT2D eigenvalue weighted by atomic mass is 32.2. The largest absolute Gasteiger partial charge is 0.511 e. The smallest absolute Gasteiger partial charge is 0.203 e. The Morgan fingerprint density at radius 3 is 2.00 bits per heavy atom. The summed E-state index contributed by atoms with van der Waals surface area (Å²) in [6.45, 7) is 1.85. The Kier molecular flexibility index (Phi) is 3.10. The van der Waals surface area contributed by atoms with Gasteiger partial charge in [0.05, 0.1) is 0 Å². The molecule has 0 saturated carbocycles. The summed E-state index contributed by atoms with van der Waals surface area (Å²) in [7, 11) is -5.09. The molecule has 84 valence electrons. The molecule has 7 heteroatoms. The number of hydrogen-bond donors (Lipinski definition) is 0. The molecule has 0 unspecified atom stereocenters. The lowest BCUT2D eigenvalue weighted by Crippen LogP contribution is -2.44. The maximum Gasteiger partial charge on any atom is 0.511 e. The molecule has 1 aliphatic heterocycles. The van der Waals surface area contributed by atoms with Crippen LogP contribution in [0.2, 0.25) is 0 Å². The average molecular weight is 231 g/mol. The van der Waals surface area contributed by atoms with E-state index in [1.807, 2.05) is 6.92 Å². The van der Waals surface area contributed by atoms with Crippen molar-refractivity contribution in [3.05, 3.63) is 0 Å². The summed E-state index contributed by atoms with van der Waals surface area (Å²) in [6, 6.07) is 0. The number of halogens is 3. The summed E-state index contributed by atoms with van der Waals surface area (Å²) >= 11 is 0. The predicted octanol–water partition coefficient (Wildman–Crippen LogP) is 1.57. The van der Waals surface area contributed by atoms with Gasteiger partial charge < -0.3 is 0 Å². The quantitative estimate of drug-likeness (QED) is 0.687.